The fourth-order valence-electron chi connectivity index (χ4n) is 2.98. The number of benzene rings is 3. The third-order valence-electron chi connectivity index (χ3n) is 4.46. The Bertz CT molecular complexity index is 1050. The van der Waals surface area contributed by atoms with Crippen LogP contribution in [0.2, 0.25) is 0 Å². The summed E-state index contributed by atoms with van der Waals surface area (Å²) >= 11 is 0. The van der Waals surface area contributed by atoms with Crippen LogP contribution in [-0.4, -0.2) is 25.0 Å². The molecule has 0 unspecified atom stereocenters. The first-order chi connectivity index (χ1) is 14.7. The summed E-state index contributed by atoms with van der Waals surface area (Å²) < 4.78 is 11.3. The molecular weight excluding hydrogens is 380 g/mol. The smallest absolute Gasteiger partial charge is 0.282 e. The summed E-state index contributed by atoms with van der Waals surface area (Å²) in [6.07, 6.45) is 1.57. The number of hydrazine groups is 1. The van der Waals surface area contributed by atoms with Crippen LogP contribution in [0.1, 0.15) is 5.56 Å². The van der Waals surface area contributed by atoms with Crippen molar-refractivity contribution >= 4 is 23.6 Å². The normalized spacial score (nSPS) is 14.7. The van der Waals surface area contributed by atoms with Gasteiger partial charge in [0.05, 0.1) is 5.69 Å². The monoisotopic (exact) mass is 400 g/mol. The van der Waals surface area contributed by atoms with Crippen molar-refractivity contribution in [2.24, 2.45) is 0 Å². The second-order valence-electron chi connectivity index (χ2n) is 6.55. The second kappa shape index (κ2) is 8.96. The number of nitrogens with one attached hydrogen (secondary N) is 1. The molecule has 0 spiro atoms. The molecule has 2 amide bonds. The van der Waals surface area contributed by atoms with Crippen LogP contribution in [0.25, 0.3) is 6.08 Å². The average molecular weight is 400 g/mol. The van der Waals surface area contributed by atoms with Crippen molar-refractivity contribution in [1.29, 1.82) is 0 Å². The maximum atomic E-state index is 12.6. The molecule has 1 saturated heterocycles. The third kappa shape index (κ3) is 4.50. The maximum absolute atomic E-state index is 12.6. The molecule has 1 aliphatic heterocycles. The molecular formula is C24H20N2O4. The van der Waals surface area contributed by atoms with E-state index >= 15 is 0 Å². The zero-order valence-electron chi connectivity index (χ0n) is 16.2. The van der Waals surface area contributed by atoms with Gasteiger partial charge in [-0.1, -0.05) is 48.5 Å². The van der Waals surface area contributed by atoms with E-state index in [4.69, 9.17) is 9.47 Å². The van der Waals surface area contributed by atoms with Gasteiger partial charge in [0.2, 0.25) is 0 Å². The molecule has 4 rings (SSSR count). The molecule has 1 fully saturated rings. The lowest BCUT2D eigenvalue weighted by Crippen LogP contribution is -2.35. The number of nitrogens with zero attached hydrogens (tertiary/aromatic N) is 1. The van der Waals surface area contributed by atoms with Gasteiger partial charge < -0.3 is 9.47 Å². The molecule has 0 aliphatic carbocycles. The molecule has 1 heterocycles. The van der Waals surface area contributed by atoms with E-state index in [9.17, 15) is 9.59 Å². The molecule has 0 aromatic heterocycles. The van der Waals surface area contributed by atoms with Crippen LogP contribution < -0.4 is 19.9 Å². The highest BCUT2D eigenvalue weighted by Crippen LogP contribution is 2.22. The Hall–Kier alpha value is -4.06. The van der Waals surface area contributed by atoms with Gasteiger partial charge in [-0.2, -0.15) is 0 Å². The number of amides is 2. The molecule has 0 bridgehead atoms. The molecule has 1 N–H and O–H groups in total. The van der Waals surface area contributed by atoms with Gasteiger partial charge in [-0.3, -0.25) is 15.0 Å². The Balaban J connectivity index is 1.35. The first kappa shape index (κ1) is 19.3. The predicted molar refractivity (Wildman–Crippen MR) is 114 cm³/mol. The van der Waals surface area contributed by atoms with Gasteiger partial charge in [-0.25, -0.2) is 5.01 Å². The van der Waals surface area contributed by atoms with E-state index < -0.39 is 5.91 Å². The number of hydrogen-bond acceptors (Lipinski definition) is 4. The number of rotatable bonds is 7. The molecule has 3 aromatic rings. The summed E-state index contributed by atoms with van der Waals surface area (Å²) in [5.74, 6) is 0.667. The van der Waals surface area contributed by atoms with Crippen molar-refractivity contribution in [3.8, 4) is 11.5 Å². The van der Waals surface area contributed by atoms with Crippen molar-refractivity contribution in [1.82, 2.24) is 5.43 Å². The number of carbonyl (C=O) groups is 2. The van der Waals surface area contributed by atoms with Crippen LogP contribution in [0.15, 0.2) is 90.5 Å². The number of para-hydroxylation sites is 2. The Kier molecular flexibility index (Phi) is 5.75. The zero-order valence-corrected chi connectivity index (χ0v) is 16.2. The van der Waals surface area contributed by atoms with Gasteiger partial charge in [0.1, 0.15) is 30.3 Å². The van der Waals surface area contributed by atoms with E-state index in [0.717, 1.165) is 11.3 Å². The summed E-state index contributed by atoms with van der Waals surface area (Å²) in [5.41, 5.74) is 4.02. The van der Waals surface area contributed by atoms with E-state index in [2.05, 4.69) is 5.43 Å². The first-order valence-corrected chi connectivity index (χ1v) is 9.53. The van der Waals surface area contributed by atoms with Crippen LogP contribution in [0.3, 0.4) is 0 Å². The molecule has 6 nitrogen and oxygen atoms in total. The van der Waals surface area contributed by atoms with Crippen molar-refractivity contribution < 1.29 is 19.1 Å². The number of carbonyl (C=O) groups excluding carboxylic acids is 2. The van der Waals surface area contributed by atoms with E-state index in [1.54, 1.807) is 54.6 Å². The zero-order chi connectivity index (χ0) is 20.8. The number of ether oxygens (including phenoxy) is 2. The fraction of sp³-hybridized carbons (Fsp3) is 0.0833. The number of hydrogen-bond donors (Lipinski definition) is 1. The maximum Gasteiger partial charge on any atom is 0.282 e. The Labute approximate surface area is 174 Å². The molecule has 6 heteroatoms. The lowest BCUT2D eigenvalue weighted by Gasteiger charge is -2.13. The molecule has 150 valence electrons. The van der Waals surface area contributed by atoms with Crippen molar-refractivity contribution in [2.75, 3.05) is 18.2 Å². The fourth-order valence-corrected chi connectivity index (χ4v) is 2.98. The highest BCUT2D eigenvalue weighted by Gasteiger charge is 2.34. The van der Waals surface area contributed by atoms with E-state index in [1.165, 1.54) is 5.01 Å². The summed E-state index contributed by atoms with van der Waals surface area (Å²) in [6, 6.07) is 25.7. The molecule has 0 radical (unpaired) electrons. The van der Waals surface area contributed by atoms with Gasteiger partial charge in [0.15, 0.2) is 0 Å². The summed E-state index contributed by atoms with van der Waals surface area (Å²) in [4.78, 5) is 24.9. The van der Waals surface area contributed by atoms with Gasteiger partial charge in [0.25, 0.3) is 11.8 Å². The topological polar surface area (TPSA) is 67.9 Å². The van der Waals surface area contributed by atoms with Gasteiger partial charge in [0, 0.05) is 0 Å². The SMILES string of the molecule is O=C1NN(c2ccccc2)C(=O)C1=Cc1ccc(OCCOc2ccccc2)cc1. The average Bonchev–Trinajstić information content (AvgIpc) is 3.07. The van der Waals surface area contributed by atoms with Crippen LogP contribution in [-0.2, 0) is 9.59 Å². The predicted octanol–water partition coefficient (Wildman–Crippen LogP) is 3.61. The van der Waals surface area contributed by atoms with Crippen LogP contribution in [0, 0.1) is 0 Å². The largest absolute Gasteiger partial charge is 0.490 e. The summed E-state index contributed by atoms with van der Waals surface area (Å²) in [5, 5.41) is 1.25. The standard InChI is InChI=1S/C24H20N2O4/c27-23-22(24(28)26(25-23)19-7-3-1-4-8-19)17-18-11-13-21(14-12-18)30-16-15-29-20-9-5-2-6-10-20/h1-14,17H,15-16H2,(H,25,27). The van der Waals surface area contributed by atoms with E-state index in [1.807, 2.05) is 36.4 Å². The highest BCUT2D eigenvalue weighted by atomic mass is 16.5. The second-order valence-corrected chi connectivity index (χ2v) is 6.55. The molecule has 1 aliphatic rings. The Morgan fingerprint density at radius 1 is 0.733 bits per heavy atom. The molecule has 30 heavy (non-hydrogen) atoms. The minimum atomic E-state index is -0.428. The van der Waals surface area contributed by atoms with Gasteiger partial charge in [-0.15, -0.1) is 0 Å². The molecule has 0 atom stereocenters. The van der Waals surface area contributed by atoms with Crippen molar-refractivity contribution in [3.05, 3.63) is 96.1 Å². The van der Waals surface area contributed by atoms with E-state index in [-0.39, 0.29) is 11.5 Å². The van der Waals surface area contributed by atoms with Crippen molar-refractivity contribution in [3.63, 3.8) is 0 Å². The molecule has 0 saturated carbocycles. The first-order valence-electron chi connectivity index (χ1n) is 9.53. The van der Waals surface area contributed by atoms with Gasteiger partial charge >= 0.3 is 0 Å². The Morgan fingerprint density at radius 3 is 1.93 bits per heavy atom. The van der Waals surface area contributed by atoms with Crippen LogP contribution in [0.5, 0.6) is 11.5 Å². The molecule has 3 aromatic carbocycles. The minimum absolute atomic E-state index is 0.0868. The Morgan fingerprint density at radius 2 is 1.30 bits per heavy atom. The third-order valence-corrected chi connectivity index (χ3v) is 4.46. The lowest BCUT2D eigenvalue weighted by molar-refractivity contribution is -0.117. The summed E-state index contributed by atoms with van der Waals surface area (Å²) in [7, 11) is 0. The minimum Gasteiger partial charge on any atom is -0.490 e. The lowest BCUT2D eigenvalue weighted by atomic mass is 10.1. The van der Waals surface area contributed by atoms with Crippen LogP contribution >= 0.6 is 0 Å². The van der Waals surface area contributed by atoms with Gasteiger partial charge in [-0.05, 0) is 48.0 Å². The van der Waals surface area contributed by atoms with Crippen LogP contribution in [0.4, 0.5) is 5.69 Å². The van der Waals surface area contributed by atoms with Crippen molar-refractivity contribution in [2.45, 2.75) is 0 Å². The highest BCUT2D eigenvalue weighted by molar-refractivity contribution is 6.31. The quantitative estimate of drug-likeness (QED) is 0.374. The summed E-state index contributed by atoms with van der Waals surface area (Å²) in [6.45, 7) is 0.835. The number of anilines is 1. The van der Waals surface area contributed by atoms with E-state index in [0.29, 0.717) is 24.7 Å².